The normalized spacial score (nSPS) is 12.5. The summed E-state index contributed by atoms with van der Waals surface area (Å²) >= 11 is 0. The van der Waals surface area contributed by atoms with E-state index in [1.54, 1.807) is 7.05 Å². The van der Waals surface area contributed by atoms with Gasteiger partial charge in [0.05, 0.1) is 0 Å². The quantitative estimate of drug-likeness (QED) is 0.737. The fraction of sp³-hybridized carbons (Fsp3) is 0.417. The van der Waals surface area contributed by atoms with Gasteiger partial charge in [-0.1, -0.05) is 6.07 Å². The minimum atomic E-state index is 0.0446. The van der Waals surface area contributed by atoms with Gasteiger partial charge in [-0.15, -0.1) is 0 Å². The van der Waals surface area contributed by atoms with Crippen LogP contribution in [0.25, 0.3) is 0 Å². The van der Waals surface area contributed by atoms with Gasteiger partial charge in [-0.05, 0) is 17.7 Å². The lowest BCUT2D eigenvalue weighted by atomic mass is 10.2. The number of carbonyl (C=O) groups excluding carboxylic acids is 1. The van der Waals surface area contributed by atoms with Crippen molar-refractivity contribution in [2.45, 2.75) is 13.0 Å². The Hall–Kier alpha value is -1.75. The number of hydrogen-bond donors (Lipinski definition) is 2. The summed E-state index contributed by atoms with van der Waals surface area (Å²) in [7, 11) is 1.64. The lowest BCUT2D eigenvalue weighted by Gasteiger charge is -2.05. The standard InChI is InChI=1S/C12H16N2O3/c1-13-12(15)4-5-14-7-9-2-3-10-11(6-9)17-8-16-10/h2-3,6,14H,4-5,7-8H2,1H3,(H,13,15). The molecule has 1 heterocycles. The molecule has 2 rings (SSSR count). The lowest BCUT2D eigenvalue weighted by Crippen LogP contribution is -2.24. The van der Waals surface area contributed by atoms with Gasteiger partial charge in [0.2, 0.25) is 12.7 Å². The maximum atomic E-state index is 11.0. The molecule has 1 aliphatic heterocycles. The molecule has 1 aromatic rings. The molecule has 5 nitrogen and oxygen atoms in total. The van der Waals surface area contributed by atoms with Crippen LogP contribution in [0.4, 0.5) is 0 Å². The van der Waals surface area contributed by atoms with E-state index in [1.807, 2.05) is 18.2 Å². The van der Waals surface area contributed by atoms with Crippen LogP contribution in [0.15, 0.2) is 18.2 Å². The van der Waals surface area contributed by atoms with Gasteiger partial charge in [0.25, 0.3) is 0 Å². The lowest BCUT2D eigenvalue weighted by molar-refractivity contribution is -0.120. The van der Waals surface area contributed by atoms with E-state index in [9.17, 15) is 4.79 Å². The molecular weight excluding hydrogens is 220 g/mol. The van der Waals surface area contributed by atoms with Gasteiger partial charge in [-0.3, -0.25) is 4.79 Å². The number of benzene rings is 1. The Balaban J connectivity index is 1.78. The molecule has 0 saturated heterocycles. The summed E-state index contributed by atoms with van der Waals surface area (Å²) in [4.78, 5) is 11.0. The van der Waals surface area contributed by atoms with Crippen molar-refractivity contribution in [1.82, 2.24) is 10.6 Å². The monoisotopic (exact) mass is 236 g/mol. The summed E-state index contributed by atoms with van der Waals surface area (Å²) in [5, 5.41) is 5.78. The van der Waals surface area contributed by atoms with Gasteiger partial charge in [-0.2, -0.15) is 0 Å². The Morgan fingerprint density at radius 3 is 3.00 bits per heavy atom. The average Bonchev–Trinajstić information content (AvgIpc) is 2.81. The van der Waals surface area contributed by atoms with Crippen LogP contribution in [-0.2, 0) is 11.3 Å². The highest BCUT2D eigenvalue weighted by Crippen LogP contribution is 2.32. The van der Waals surface area contributed by atoms with E-state index >= 15 is 0 Å². The molecule has 0 spiro atoms. The highest BCUT2D eigenvalue weighted by molar-refractivity contribution is 5.75. The topological polar surface area (TPSA) is 59.6 Å². The van der Waals surface area contributed by atoms with Crippen LogP contribution >= 0.6 is 0 Å². The maximum absolute atomic E-state index is 11.0. The van der Waals surface area contributed by atoms with Gasteiger partial charge >= 0.3 is 0 Å². The number of ether oxygens (including phenoxy) is 2. The summed E-state index contributed by atoms with van der Waals surface area (Å²) in [5.74, 6) is 1.62. The highest BCUT2D eigenvalue weighted by atomic mass is 16.7. The second-order valence-corrected chi connectivity index (χ2v) is 3.79. The largest absolute Gasteiger partial charge is 0.454 e. The van der Waals surface area contributed by atoms with Crippen molar-refractivity contribution < 1.29 is 14.3 Å². The first kappa shape index (κ1) is 11.7. The summed E-state index contributed by atoms with van der Waals surface area (Å²) < 4.78 is 10.5. The second kappa shape index (κ2) is 5.54. The third-order valence-electron chi connectivity index (χ3n) is 2.57. The number of carbonyl (C=O) groups is 1. The molecule has 0 fully saturated rings. The SMILES string of the molecule is CNC(=O)CCNCc1ccc2c(c1)OCO2. The predicted octanol–water partition coefficient (Wildman–Crippen LogP) is 0.641. The Bertz CT molecular complexity index is 407. The molecule has 0 atom stereocenters. The van der Waals surface area contributed by atoms with Gasteiger partial charge in [-0.25, -0.2) is 0 Å². The van der Waals surface area contributed by atoms with Crippen molar-refractivity contribution >= 4 is 5.91 Å². The number of nitrogens with one attached hydrogen (secondary N) is 2. The van der Waals surface area contributed by atoms with Crippen molar-refractivity contribution in [2.24, 2.45) is 0 Å². The molecule has 17 heavy (non-hydrogen) atoms. The van der Waals surface area contributed by atoms with Crippen molar-refractivity contribution in [3.05, 3.63) is 23.8 Å². The van der Waals surface area contributed by atoms with Gasteiger partial charge < -0.3 is 20.1 Å². The molecule has 0 saturated carbocycles. The van der Waals surface area contributed by atoms with Crippen molar-refractivity contribution in [3.63, 3.8) is 0 Å². The first-order chi connectivity index (χ1) is 8.29. The van der Waals surface area contributed by atoms with Gasteiger partial charge in [0.15, 0.2) is 11.5 Å². The van der Waals surface area contributed by atoms with E-state index in [2.05, 4.69) is 10.6 Å². The molecule has 1 aliphatic rings. The summed E-state index contributed by atoms with van der Waals surface area (Å²) in [6, 6.07) is 5.84. The number of fused-ring (bicyclic) bond motifs is 1. The summed E-state index contributed by atoms with van der Waals surface area (Å²) in [6.07, 6.45) is 0.487. The van der Waals surface area contributed by atoms with E-state index in [0.29, 0.717) is 26.3 Å². The van der Waals surface area contributed by atoms with Crippen LogP contribution in [0, 0.1) is 0 Å². The zero-order valence-electron chi connectivity index (χ0n) is 9.79. The van der Waals surface area contributed by atoms with Gasteiger partial charge in [0.1, 0.15) is 0 Å². The van der Waals surface area contributed by atoms with Crippen LogP contribution in [0.2, 0.25) is 0 Å². The van der Waals surface area contributed by atoms with Crippen molar-refractivity contribution in [3.8, 4) is 11.5 Å². The number of hydrogen-bond acceptors (Lipinski definition) is 4. The fourth-order valence-corrected chi connectivity index (χ4v) is 1.61. The van der Waals surface area contributed by atoms with Crippen LogP contribution in [-0.4, -0.2) is 26.3 Å². The van der Waals surface area contributed by atoms with E-state index in [4.69, 9.17) is 9.47 Å². The molecule has 2 N–H and O–H groups in total. The average molecular weight is 236 g/mol. The summed E-state index contributed by atoms with van der Waals surface area (Å²) in [6.45, 7) is 1.67. The van der Waals surface area contributed by atoms with Crippen LogP contribution in [0.5, 0.6) is 11.5 Å². The molecule has 0 bridgehead atoms. The van der Waals surface area contributed by atoms with Crippen molar-refractivity contribution in [2.75, 3.05) is 20.4 Å². The van der Waals surface area contributed by atoms with E-state index in [1.165, 1.54) is 0 Å². The van der Waals surface area contributed by atoms with Crippen molar-refractivity contribution in [1.29, 1.82) is 0 Å². The summed E-state index contributed by atoms with van der Waals surface area (Å²) in [5.41, 5.74) is 1.12. The number of rotatable bonds is 5. The molecule has 5 heteroatoms. The third kappa shape index (κ3) is 3.10. The Morgan fingerprint density at radius 2 is 2.18 bits per heavy atom. The van der Waals surface area contributed by atoms with Gasteiger partial charge in [0, 0.05) is 26.6 Å². The molecule has 0 aromatic heterocycles. The second-order valence-electron chi connectivity index (χ2n) is 3.79. The minimum Gasteiger partial charge on any atom is -0.454 e. The Morgan fingerprint density at radius 1 is 1.35 bits per heavy atom. The molecule has 1 amide bonds. The van der Waals surface area contributed by atoms with E-state index in [-0.39, 0.29) is 5.91 Å². The Kier molecular flexibility index (Phi) is 3.82. The molecular formula is C12H16N2O3. The Labute approximate surface area is 100 Å². The molecule has 1 aromatic carbocycles. The molecule has 0 aliphatic carbocycles. The smallest absolute Gasteiger partial charge is 0.231 e. The first-order valence-electron chi connectivity index (χ1n) is 5.59. The molecule has 0 radical (unpaired) electrons. The van der Waals surface area contributed by atoms with Crippen LogP contribution in [0.3, 0.4) is 0 Å². The predicted molar refractivity (Wildman–Crippen MR) is 63.0 cm³/mol. The first-order valence-corrected chi connectivity index (χ1v) is 5.59. The highest BCUT2D eigenvalue weighted by Gasteiger charge is 2.12. The van der Waals surface area contributed by atoms with Crippen LogP contribution < -0.4 is 20.1 Å². The van der Waals surface area contributed by atoms with E-state index in [0.717, 1.165) is 17.1 Å². The minimum absolute atomic E-state index is 0.0446. The van der Waals surface area contributed by atoms with Crippen LogP contribution in [0.1, 0.15) is 12.0 Å². The molecule has 0 unspecified atom stereocenters. The zero-order chi connectivity index (χ0) is 12.1. The molecule has 92 valence electrons. The maximum Gasteiger partial charge on any atom is 0.231 e. The van der Waals surface area contributed by atoms with E-state index < -0.39 is 0 Å². The zero-order valence-corrected chi connectivity index (χ0v) is 9.79. The number of amides is 1. The fourth-order valence-electron chi connectivity index (χ4n) is 1.61. The third-order valence-corrected chi connectivity index (χ3v) is 2.57.